The van der Waals surface area contributed by atoms with Gasteiger partial charge in [0.15, 0.2) is 0 Å². The summed E-state index contributed by atoms with van der Waals surface area (Å²) in [5.74, 6) is 0. The minimum absolute atomic E-state index is 0. The van der Waals surface area contributed by atoms with Gasteiger partial charge in [0, 0.05) is 6.54 Å². The molecular formula is C12H23ClN2O4. The van der Waals surface area contributed by atoms with Gasteiger partial charge in [-0.05, 0) is 20.8 Å². The molecule has 0 aromatic carbocycles. The largest absolute Gasteiger partial charge is 0.444 e. The number of rotatable bonds is 1. The van der Waals surface area contributed by atoms with E-state index in [1.54, 1.807) is 4.90 Å². The lowest BCUT2D eigenvalue weighted by atomic mass is 9.94. The third kappa shape index (κ3) is 3.95. The van der Waals surface area contributed by atoms with Crippen molar-refractivity contribution in [1.82, 2.24) is 4.90 Å². The fourth-order valence-electron chi connectivity index (χ4n) is 2.18. The minimum Gasteiger partial charge on any atom is -0.444 e. The van der Waals surface area contributed by atoms with Crippen LogP contribution in [0.5, 0.6) is 0 Å². The van der Waals surface area contributed by atoms with E-state index in [4.69, 9.17) is 19.9 Å². The second-order valence-electron chi connectivity index (χ2n) is 6.01. The Hall–Kier alpha value is -0.560. The molecule has 2 heterocycles. The Kier molecular flexibility index (Phi) is 5.06. The molecule has 2 fully saturated rings. The van der Waals surface area contributed by atoms with Crippen LogP contribution in [0.15, 0.2) is 0 Å². The standard InChI is InChI=1S/C12H22N2O4.ClH/c1-11(2,3)18-10(15)14-6-12(7-14)8-16-5-9(4-13)17-12;/h9H,4-8,13H2,1-3H3;1H. The smallest absolute Gasteiger partial charge is 0.410 e. The van der Waals surface area contributed by atoms with Crippen LogP contribution in [0.4, 0.5) is 4.79 Å². The van der Waals surface area contributed by atoms with Crippen LogP contribution in [0, 0.1) is 0 Å². The fourth-order valence-corrected chi connectivity index (χ4v) is 2.18. The lowest BCUT2D eigenvalue weighted by molar-refractivity contribution is -0.240. The number of hydrogen-bond donors (Lipinski definition) is 1. The SMILES string of the molecule is CC(C)(C)OC(=O)N1CC2(COCC(CN)O2)C1.Cl. The Morgan fingerprint density at radius 2 is 2.11 bits per heavy atom. The van der Waals surface area contributed by atoms with E-state index >= 15 is 0 Å². The third-order valence-electron chi connectivity index (χ3n) is 2.96. The van der Waals surface area contributed by atoms with E-state index in [0.717, 1.165) is 0 Å². The Morgan fingerprint density at radius 3 is 2.63 bits per heavy atom. The molecule has 2 rings (SSSR count). The summed E-state index contributed by atoms with van der Waals surface area (Å²) in [7, 11) is 0. The molecule has 2 saturated heterocycles. The average Bonchev–Trinajstić information content (AvgIpc) is 2.23. The van der Waals surface area contributed by atoms with E-state index in [2.05, 4.69) is 0 Å². The van der Waals surface area contributed by atoms with E-state index in [1.807, 2.05) is 20.8 Å². The first-order chi connectivity index (χ1) is 8.34. The van der Waals surface area contributed by atoms with Crippen molar-refractivity contribution < 1.29 is 19.0 Å². The van der Waals surface area contributed by atoms with Gasteiger partial charge in [-0.3, -0.25) is 0 Å². The molecule has 0 aromatic heterocycles. The molecule has 1 spiro atoms. The molecule has 0 aliphatic carbocycles. The first kappa shape index (κ1) is 16.5. The van der Waals surface area contributed by atoms with E-state index in [9.17, 15) is 4.79 Å². The molecule has 0 saturated carbocycles. The Balaban J connectivity index is 0.00000180. The summed E-state index contributed by atoms with van der Waals surface area (Å²) in [6.45, 7) is 8.07. The predicted octanol–water partition coefficient (Wildman–Crippen LogP) is 0.772. The molecule has 19 heavy (non-hydrogen) atoms. The number of amides is 1. The number of halogens is 1. The van der Waals surface area contributed by atoms with Crippen LogP contribution in [-0.4, -0.2) is 61.1 Å². The number of carbonyl (C=O) groups is 1. The van der Waals surface area contributed by atoms with Gasteiger partial charge in [0.2, 0.25) is 0 Å². The maximum atomic E-state index is 11.8. The van der Waals surface area contributed by atoms with Crippen LogP contribution in [0.3, 0.4) is 0 Å². The highest BCUT2D eigenvalue weighted by Crippen LogP contribution is 2.31. The number of ether oxygens (including phenoxy) is 3. The van der Waals surface area contributed by atoms with Crippen molar-refractivity contribution in [2.45, 2.75) is 38.1 Å². The zero-order chi connectivity index (χ0) is 13.4. The van der Waals surface area contributed by atoms with Gasteiger partial charge in [-0.2, -0.15) is 0 Å². The van der Waals surface area contributed by atoms with Crippen molar-refractivity contribution >= 4 is 18.5 Å². The number of likely N-dealkylation sites (tertiary alicyclic amines) is 1. The topological polar surface area (TPSA) is 74.0 Å². The molecule has 7 heteroatoms. The van der Waals surface area contributed by atoms with Crippen molar-refractivity contribution in [3.63, 3.8) is 0 Å². The Bertz CT molecular complexity index is 326. The Labute approximate surface area is 119 Å². The second kappa shape index (κ2) is 5.83. The van der Waals surface area contributed by atoms with Crippen molar-refractivity contribution in [2.24, 2.45) is 5.73 Å². The highest BCUT2D eigenvalue weighted by atomic mass is 35.5. The minimum atomic E-state index is -0.469. The third-order valence-corrected chi connectivity index (χ3v) is 2.96. The number of hydrogen-bond acceptors (Lipinski definition) is 5. The number of nitrogens with two attached hydrogens (primary N) is 1. The molecule has 1 atom stereocenters. The summed E-state index contributed by atoms with van der Waals surface area (Å²) in [6, 6.07) is 0. The van der Waals surface area contributed by atoms with Crippen molar-refractivity contribution in [3.05, 3.63) is 0 Å². The summed E-state index contributed by atoms with van der Waals surface area (Å²) in [5.41, 5.74) is 4.73. The van der Waals surface area contributed by atoms with Gasteiger partial charge in [-0.15, -0.1) is 12.4 Å². The van der Waals surface area contributed by atoms with Crippen LogP contribution in [0.2, 0.25) is 0 Å². The zero-order valence-electron chi connectivity index (χ0n) is 11.7. The second-order valence-corrected chi connectivity index (χ2v) is 6.01. The first-order valence-electron chi connectivity index (χ1n) is 6.27. The van der Waals surface area contributed by atoms with Crippen molar-refractivity contribution in [3.8, 4) is 0 Å². The van der Waals surface area contributed by atoms with Crippen LogP contribution in [0.1, 0.15) is 20.8 Å². The average molecular weight is 295 g/mol. The normalized spacial score (nSPS) is 25.5. The predicted molar refractivity (Wildman–Crippen MR) is 72.5 cm³/mol. The van der Waals surface area contributed by atoms with E-state index in [1.165, 1.54) is 0 Å². The molecule has 1 amide bonds. The molecular weight excluding hydrogens is 272 g/mol. The molecule has 1 unspecified atom stereocenters. The summed E-state index contributed by atoms with van der Waals surface area (Å²) in [5, 5.41) is 0. The summed E-state index contributed by atoms with van der Waals surface area (Å²) in [6.07, 6.45) is -0.369. The molecule has 0 radical (unpaired) electrons. The van der Waals surface area contributed by atoms with Crippen LogP contribution in [0.25, 0.3) is 0 Å². The first-order valence-corrected chi connectivity index (χ1v) is 6.27. The van der Waals surface area contributed by atoms with Gasteiger partial charge in [0.25, 0.3) is 0 Å². The molecule has 6 nitrogen and oxygen atoms in total. The van der Waals surface area contributed by atoms with Gasteiger partial charge >= 0.3 is 6.09 Å². The quantitative estimate of drug-likeness (QED) is 0.773. The molecule has 2 aliphatic rings. The van der Waals surface area contributed by atoms with E-state index in [0.29, 0.717) is 32.8 Å². The highest BCUT2D eigenvalue weighted by molar-refractivity contribution is 5.85. The highest BCUT2D eigenvalue weighted by Gasteiger charge is 2.50. The zero-order valence-corrected chi connectivity index (χ0v) is 12.5. The van der Waals surface area contributed by atoms with E-state index in [-0.39, 0.29) is 30.2 Å². The van der Waals surface area contributed by atoms with Crippen molar-refractivity contribution in [2.75, 3.05) is 32.8 Å². The maximum Gasteiger partial charge on any atom is 0.410 e. The molecule has 0 aromatic rings. The molecule has 2 aliphatic heterocycles. The van der Waals surface area contributed by atoms with Crippen LogP contribution in [-0.2, 0) is 14.2 Å². The van der Waals surface area contributed by atoms with E-state index < -0.39 is 5.60 Å². The van der Waals surface area contributed by atoms with Gasteiger partial charge in [-0.25, -0.2) is 4.79 Å². The molecule has 2 N–H and O–H groups in total. The monoisotopic (exact) mass is 294 g/mol. The summed E-state index contributed by atoms with van der Waals surface area (Å²) in [4.78, 5) is 13.4. The van der Waals surface area contributed by atoms with Crippen LogP contribution < -0.4 is 5.73 Å². The number of carbonyl (C=O) groups excluding carboxylic acids is 1. The number of nitrogens with zero attached hydrogens (tertiary/aromatic N) is 1. The molecule has 112 valence electrons. The molecule has 0 bridgehead atoms. The van der Waals surface area contributed by atoms with Crippen molar-refractivity contribution in [1.29, 1.82) is 0 Å². The van der Waals surface area contributed by atoms with Gasteiger partial charge in [-0.1, -0.05) is 0 Å². The summed E-state index contributed by atoms with van der Waals surface area (Å²) < 4.78 is 16.6. The van der Waals surface area contributed by atoms with Gasteiger partial charge < -0.3 is 24.8 Å². The lowest BCUT2D eigenvalue weighted by Gasteiger charge is -2.52. The maximum absolute atomic E-state index is 11.8. The Morgan fingerprint density at radius 1 is 1.47 bits per heavy atom. The lowest BCUT2D eigenvalue weighted by Crippen LogP contribution is -2.70. The summed E-state index contributed by atoms with van der Waals surface area (Å²) >= 11 is 0. The van der Waals surface area contributed by atoms with Crippen LogP contribution >= 0.6 is 12.4 Å². The fraction of sp³-hybridized carbons (Fsp3) is 0.917. The van der Waals surface area contributed by atoms with Gasteiger partial charge in [0.1, 0.15) is 11.2 Å². The van der Waals surface area contributed by atoms with Gasteiger partial charge in [0.05, 0.1) is 32.4 Å².